The lowest BCUT2D eigenvalue weighted by atomic mass is 10.2. The largest absolute Gasteiger partial charge is 0.482 e. The molecule has 3 rings (SSSR count). The molecule has 2 aromatic rings. The number of nitrogens with zero attached hydrogens (tertiary/aromatic N) is 1. The second kappa shape index (κ2) is 8.86. The molecule has 2 atom stereocenters. The fourth-order valence-corrected chi connectivity index (χ4v) is 5.13. The fourth-order valence-electron chi connectivity index (χ4n) is 3.40. The zero-order chi connectivity index (χ0) is 21.9. The monoisotopic (exact) mass is 437 g/mol. The normalized spacial score (nSPS) is 18.7. The van der Waals surface area contributed by atoms with Crippen molar-refractivity contribution in [2.45, 2.75) is 32.4 Å². The van der Waals surface area contributed by atoms with Crippen LogP contribution in [0.15, 0.2) is 39.5 Å². The standard InChI is InChI=1S/C20H23NO8S/c1-3-21(15-8-9-30(25,26)12-15)20(24)13(2)28-19(23)11-27-16-6-4-14-5-7-18(22)29-17(14)10-16/h4-7,10,13,15H,3,8-9,11-12H2,1-2H3. The number of hydrogen-bond donors (Lipinski definition) is 0. The molecule has 1 aliphatic heterocycles. The highest BCUT2D eigenvalue weighted by Crippen LogP contribution is 2.20. The van der Waals surface area contributed by atoms with E-state index in [9.17, 15) is 22.8 Å². The van der Waals surface area contributed by atoms with Crippen molar-refractivity contribution in [3.05, 3.63) is 40.8 Å². The second-order valence-electron chi connectivity index (χ2n) is 7.06. The van der Waals surface area contributed by atoms with Crippen LogP contribution < -0.4 is 10.4 Å². The molecule has 0 spiro atoms. The Balaban J connectivity index is 1.56. The lowest BCUT2D eigenvalue weighted by Crippen LogP contribution is -2.46. The molecule has 1 fully saturated rings. The number of hydrogen-bond acceptors (Lipinski definition) is 8. The third-order valence-electron chi connectivity index (χ3n) is 4.88. The number of fused-ring (bicyclic) bond motifs is 1. The van der Waals surface area contributed by atoms with Crippen molar-refractivity contribution in [2.75, 3.05) is 24.7 Å². The van der Waals surface area contributed by atoms with Crippen LogP contribution in [0.3, 0.4) is 0 Å². The Bertz CT molecular complexity index is 1110. The highest BCUT2D eigenvalue weighted by Gasteiger charge is 2.36. The molecular weight excluding hydrogens is 414 g/mol. The molecule has 2 unspecified atom stereocenters. The molecule has 0 aliphatic carbocycles. The molecule has 2 heterocycles. The first-order valence-corrected chi connectivity index (χ1v) is 11.4. The van der Waals surface area contributed by atoms with E-state index in [1.807, 2.05) is 0 Å². The van der Waals surface area contributed by atoms with E-state index in [4.69, 9.17) is 13.9 Å². The summed E-state index contributed by atoms with van der Waals surface area (Å²) in [5.74, 6) is -0.913. The van der Waals surface area contributed by atoms with E-state index in [-0.39, 0.29) is 11.5 Å². The van der Waals surface area contributed by atoms with Gasteiger partial charge in [-0.05, 0) is 38.5 Å². The van der Waals surface area contributed by atoms with Gasteiger partial charge in [-0.25, -0.2) is 18.0 Å². The minimum Gasteiger partial charge on any atom is -0.482 e. The molecule has 0 radical (unpaired) electrons. The van der Waals surface area contributed by atoms with E-state index >= 15 is 0 Å². The highest BCUT2D eigenvalue weighted by atomic mass is 32.2. The lowest BCUT2D eigenvalue weighted by molar-refractivity contribution is -0.161. The Morgan fingerprint density at radius 3 is 2.67 bits per heavy atom. The quantitative estimate of drug-likeness (QED) is 0.467. The first kappa shape index (κ1) is 21.8. The van der Waals surface area contributed by atoms with Gasteiger partial charge in [0.05, 0.1) is 11.5 Å². The van der Waals surface area contributed by atoms with Crippen LogP contribution >= 0.6 is 0 Å². The van der Waals surface area contributed by atoms with E-state index in [1.165, 1.54) is 24.0 Å². The summed E-state index contributed by atoms with van der Waals surface area (Å²) in [6.07, 6.45) is -0.692. The van der Waals surface area contributed by atoms with E-state index in [0.29, 0.717) is 29.7 Å². The van der Waals surface area contributed by atoms with Gasteiger partial charge < -0.3 is 18.8 Å². The molecule has 0 N–H and O–H groups in total. The zero-order valence-electron chi connectivity index (χ0n) is 16.7. The van der Waals surface area contributed by atoms with Gasteiger partial charge in [0.1, 0.15) is 11.3 Å². The number of amides is 1. The maximum Gasteiger partial charge on any atom is 0.344 e. The predicted molar refractivity (Wildman–Crippen MR) is 108 cm³/mol. The van der Waals surface area contributed by atoms with Gasteiger partial charge in [0, 0.05) is 30.1 Å². The number of sulfone groups is 1. The number of carbonyl (C=O) groups is 2. The van der Waals surface area contributed by atoms with E-state index < -0.39 is 46.1 Å². The summed E-state index contributed by atoms with van der Waals surface area (Å²) in [7, 11) is -3.14. The average molecular weight is 437 g/mol. The summed E-state index contributed by atoms with van der Waals surface area (Å²) in [5.41, 5.74) is -0.177. The smallest absolute Gasteiger partial charge is 0.344 e. The van der Waals surface area contributed by atoms with Gasteiger partial charge in [0.15, 0.2) is 22.5 Å². The molecule has 1 aromatic heterocycles. The third-order valence-corrected chi connectivity index (χ3v) is 6.63. The van der Waals surface area contributed by atoms with E-state index in [2.05, 4.69) is 0 Å². The summed E-state index contributed by atoms with van der Waals surface area (Å²) in [4.78, 5) is 37.5. The summed E-state index contributed by atoms with van der Waals surface area (Å²) in [5, 5.41) is 0.706. The van der Waals surface area contributed by atoms with Crippen molar-refractivity contribution in [1.82, 2.24) is 4.90 Å². The van der Waals surface area contributed by atoms with Crippen LogP contribution in [0, 0.1) is 0 Å². The molecule has 9 nitrogen and oxygen atoms in total. The van der Waals surface area contributed by atoms with Gasteiger partial charge in [0.25, 0.3) is 5.91 Å². The van der Waals surface area contributed by atoms with Crippen LogP contribution in [0.4, 0.5) is 0 Å². The van der Waals surface area contributed by atoms with Crippen molar-refractivity contribution in [3.8, 4) is 5.75 Å². The van der Waals surface area contributed by atoms with Gasteiger partial charge in [0.2, 0.25) is 0 Å². The molecule has 1 aliphatic rings. The number of rotatable bonds is 7. The maximum absolute atomic E-state index is 12.6. The Kier molecular flexibility index (Phi) is 6.45. The molecule has 10 heteroatoms. The number of ether oxygens (including phenoxy) is 2. The molecule has 0 saturated carbocycles. The molecule has 1 saturated heterocycles. The van der Waals surface area contributed by atoms with E-state index in [0.717, 1.165) is 0 Å². The minimum atomic E-state index is -3.14. The molecule has 1 amide bonds. The van der Waals surface area contributed by atoms with Gasteiger partial charge in [-0.1, -0.05) is 0 Å². The first-order chi connectivity index (χ1) is 14.2. The highest BCUT2D eigenvalue weighted by molar-refractivity contribution is 7.91. The Morgan fingerprint density at radius 1 is 1.27 bits per heavy atom. The van der Waals surface area contributed by atoms with Crippen LogP contribution in [0.1, 0.15) is 20.3 Å². The van der Waals surface area contributed by atoms with Gasteiger partial charge in [-0.3, -0.25) is 4.79 Å². The second-order valence-corrected chi connectivity index (χ2v) is 9.28. The van der Waals surface area contributed by atoms with Crippen molar-refractivity contribution in [3.63, 3.8) is 0 Å². The lowest BCUT2D eigenvalue weighted by Gasteiger charge is -2.29. The van der Waals surface area contributed by atoms with Gasteiger partial charge in [-0.15, -0.1) is 0 Å². The SMILES string of the molecule is CCN(C(=O)C(C)OC(=O)COc1ccc2ccc(=O)oc2c1)C1CCS(=O)(=O)C1. The maximum atomic E-state index is 12.6. The van der Waals surface area contributed by atoms with Crippen LogP contribution in [0.25, 0.3) is 11.0 Å². The number of likely N-dealkylation sites (N-methyl/N-ethyl adjacent to an activating group) is 1. The van der Waals surface area contributed by atoms with Crippen LogP contribution in [0.2, 0.25) is 0 Å². The molecule has 1 aromatic carbocycles. The minimum absolute atomic E-state index is 0.0509. The van der Waals surface area contributed by atoms with Gasteiger partial charge in [-0.2, -0.15) is 0 Å². The average Bonchev–Trinajstić information content (AvgIpc) is 3.05. The summed E-state index contributed by atoms with van der Waals surface area (Å²) in [6, 6.07) is 7.29. The third kappa shape index (κ3) is 5.18. The summed E-state index contributed by atoms with van der Waals surface area (Å²) < 4.78 is 39.0. The summed E-state index contributed by atoms with van der Waals surface area (Å²) in [6.45, 7) is 3.07. The van der Waals surface area contributed by atoms with E-state index in [1.54, 1.807) is 25.1 Å². The van der Waals surface area contributed by atoms with Crippen LogP contribution in [-0.4, -0.2) is 62.0 Å². The Morgan fingerprint density at radius 2 is 2.00 bits per heavy atom. The Labute approximate surface area is 173 Å². The zero-order valence-corrected chi connectivity index (χ0v) is 17.5. The van der Waals surface area contributed by atoms with Crippen molar-refractivity contribution in [2.24, 2.45) is 0 Å². The molecule has 162 valence electrons. The number of benzene rings is 1. The fraction of sp³-hybridized carbons (Fsp3) is 0.450. The van der Waals surface area contributed by atoms with Crippen LogP contribution in [0.5, 0.6) is 5.75 Å². The van der Waals surface area contributed by atoms with Crippen molar-refractivity contribution < 1.29 is 31.9 Å². The first-order valence-electron chi connectivity index (χ1n) is 9.55. The molecule has 30 heavy (non-hydrogen) atoms. The summed E-state index contributed by atoms with van der Waals surface area (Å²) >= 11 is 0. The topological polar surface area (TPSA) is 120 Å². The van der Waals surface area contributed by atoms with Crippen molar-refractivity contribution in [1.29, 1.82) is 0 Å². The van der Waals surface area contributed by atoms with Gasteiger partial charge >= 0.3 is 11.6 Å². The number of esters is 1. The van der Waals surface area contributed by atoms with Crippen LogP contribution in [-0.2, 0) is 24.2 Å². The molecular formula is C20H23NO8S. The predicted octanol–water partition coefficient (Wildman–Crippen LogP) is 1.14. The Hall–Kier alpha value is -2.88. The number of carbonyl (C=O) groups excluding carboxylic acids is 2. The molecule has 0 bridgehead atoms. The van der Waals surface area contributed by atoms with Crippen molar-refractivity contribution >= 4 is 32.7 Å².